The lowest BCUT2D eigenvalue weighted by Gasteiger charge is -2.08. The van der Waals surface area contributed by atoms with Gasteiger partial charge in [-0.2, -0.15) is 0 Å². The van der Waals surface area contributed by atoms with Gasteiger partial charge in [0.05, 0.1) is 4.92 Å². The number of aryl methyl sites for hydroxylation is 2. The summed E-state index contributed by atoms with van der Waals surface area (Å²) in [4.78, 5) is 10.5. The van der Waals surface area contributed by atoms with Crippen molar-refractivity contribution in [3.05, 3.63) is 75.2 Å². The fraction of sp³-hybridized carbons (Fsp3) is 0.263. The summed E-state index contributed by atoms with van der Waals surface area (Å²) in [7, 11) is 0. The molecular weight excluding hydrogens is 366 g/mol. The van der Waals surface area contributed by atoms with E-state index in [1.165, 1.54) is 17.8 Å². The van der Waals surface area contributed by atoms with Gasteiger partial charge in [-0.15, -0.1) is 10.2 Å². The van der Waals surface area contributed by atoms with Gasteiger partial charge < -0.3 is 9.15 Å². The minimum absolute atomic E-state index is 0.0630. The molecular formula is C19H19N3O4S. The van der Waals surface area contributed by atoms with Crippen molar-refractivity contribution >= 4 is 17.4 Å². The van der Waals surface area contributed by atoms with Crippen LogP contribution in [0.4, 0.5) is 5.69 Å². The molecule has 3 rings (SSSR count). The van der Waals surface area contributed by atoms with Gasteiger partial charge in [0, 0.05) is 17.4 Å². The molecule has 0 radical (unpaired) electrons. The maximum absolute atomic E-state index is 10.9. The smallest absolute Gasteiger partial charge is 0.277 e. The molecule has 0 amide bonds. The lowest BCUT2D eigenvalue weighted by Crippen LogP contribution is -1.97. The van der Waals surface area contributed by atoms with Crippen LogP contribution in [0.2, 0.25) is 0 Å². The van der Waals surface area contributed by atoms with E-state index in [0.29, 0.717) is 11.1 Å². The van der Waals surface area contributed by atoms with Crippen molar-refractivity contribution in [1.82, 2.24) is 10.2 Å². The van der Waals surface area contributed by atoms with Gasteiger partial charge >= 0.3 is 0 Å². The number of nitro groups is 1. The fourth-order valence-corrected chi connectivity index (χ4v) is 3.27. The molecule has 2 aromatic carbocycles. The maximum atomic E-state index is 10.9. The quantitative estimate of drug-likeness (QED) is 0.320. The molecule has 7 nitrogen and oxygen atoms in total. The number of non-ortho nitro benzene ring substituents is 1. The van der Waals surface area contributed by atoms with E-state index in [1.54, 1.807) is 12.1 Å². The minimum atomic E-state index is -0.406. The summed E-state index contributed by atoms with van der Waals surface area (Å²) in [5, 5.41) is 19.3. The van der Waals surface area contributed by atoms with E-state index in [4.69, 9.17) is 9.15 Å². The van der Waals surface area contributed by atoms with E-state index >= 15 is 0 Å². The predicted octanol–water partition coefficient (Wildman–Crippen LogP) is 5.03. The van der Waals surface area contributed by atoms with Crippen LogP contribution < -0.4 is 4.74 Å². The Kier molecular flexibility index (Phi) is 5.75. The molecule has 0 aliphatic heterocycles. The van der Waals surface area contributed by atoms with Crippen molar-refractivity contribution < 1.29 is 14.1 Å². The minimum Gasteiger partial charge on any atom is -0.484 e. The molecule has 140 valence electrons. The predicted molar refractivity (Wildman–Crippen MR) is 102 cm³/mol. The number of aromatic nitrogens is 2. The molecule has 0 saturated carbocycles. The standard InChI is InChI=1S/C19H19N3O4S/c1-12-7-8-13(2)17(9-12)25-11-18-20-21-19(26-18)27-14(3)15-5-4-6-16(10-15)22(23)24/h4-10,14H,11H2,1-3H3. The van der Waals surface area contributed by atoms with Gasteiger partial charge in [-0.05, 0) is 43.5 Å². The third kappa shape index (κ3) is 4.85. The normalized spacial score (nSPS) is 12.0. The highest BCUT2D eigenvalue weighted by atomic mass is 32.2. The first kappa shape index (κ1) is 18.9. The first-order valence-electron chi connectivity index (χ1n) is 8.36. The van der Waals surface area contributed by atoms with Crippen LogP contribution in [-0.2, 0) is 6.61 Å². The highest BCUT2D eigenvalue weighted by molar-refractivity contribution is 7.99. The Bertz CT molecular complexity index is 958. The molecule has 3 aromatic rings. The summed E-state index contributed by atoms with van der Waals surface area (Å²) in [5.74, 6) is 1.16. The van der Waals surface area contributed by atoms with Crippen LogP contribution in [-0.4, -0.2) is 15.1 Å². The molecule has 1 aromatic heterocycles. The van der Waals surface area contributed by atoms with Crippen LogP contribution in [0, 0.1) is 24.0 Å². The Hall–Kier alpha value is -2.87. The summed E-state index contributed by atoms with van der Waals surface area (Å²) in [5.41, 5.74) is 3.03. The van der Waals surface area contributed by atoms with Crippen LogP contribution in [0.25, 0.3) is 0 Å². The summed E-state index contributed by atoms with van der Waals surface area (Å²) in [6, 6.07) is 12.5. The Labute approximate surface area is 160 Å². The van der Waals surface area contributed by atoms with Gasteiger partial charge in [-0.3, -0.25) is 10.1 Å². The molecule has 0 fully saturated rings. The zero-order valence-electron chi connectivity index (χ0n) is 15.2. The lowest BCUT2D eigenvalue weighted by molar-refractivity contribution is -0.384. The monoisotopic (exact) mass is 385 g/mol. The van der Waals surface area contributed by atoms with Crippen LogP contribution in [0.1, 0.15) is 34.8 Å². The molecule has 8 heteroatoms. The number of thioether (sulfide) groups is 1. The summed E-state index contributed by atoms with van der Waals surface area (Å²) in [6.07, 6.45) is 0. The van der Waals surface area contributed by atoms with Crippen LogP contribution in [0.5, 0.6) is 5.75 Å². The van der Waals surface area contributed by atoms with Crippen molar-refractivity contribution in [1.29, 1.82) is 0 Å². The maximum Gasteiger partial charge on any atom is 0.277 e. The number of nitro benzene ring substituents is 1. The Morgan fingerprint density at radius 3 is 2.81 bits per heavy atom. The van der Waals surface area contributed by atoms with Crippen molar-refractivity contribution in [2.45, 2.75) is 37.9 Å². The summed E-state index contributed by atoms with van der Waals surface area (Å²) in [6.45, 7) is 6.09. The van der Waals surface area contributed by atoms with Gasteiger partial charge in [0.2, 0.25) is 0 Å². The van der Waals surface area contributed by atoms with Gasteiger partial charge in [0.1, 0.15) is 5.75 Å². The third-order valence-electron chi connectivity index (χ3n) is 3.97. The average Bonchev–Trinajstić information content (AvgIpc) is 3.10. The van der Waals surface area contributed by atoms with E-state index in [2.05, 4.69) is 10.2 Å². The van der Waals surface area contributed by atoms with Crippen LogP contribution in [0.15, 0.2) is 52.1 Å². The topological polar surface area (TPSA) is 91.3 Å². The summed E-state index contributed by atoms with van der Waals surface area (Å²) >= 11 is 1.35. The van der Waals surface area contributed by atoms with E-state index in [1.807, 2.05) is 45.0 Å². The highest BCUT2D eigenvalue weighted by Crippen LogP contribution is 2.35. The first-order chi connectivity index (χ1) is 12.9. The molecule has 0 saturated heterocycles. The van der Waals surface area contributed by atoms with Crippen LogP contribution in [0.3, 0.4) is 0 Å². The van der Waals surface area contributed by atoms with Crippen molar-refractivity contribution in [2.75, 3.05) is 0 Å². The van der Waals surface area contributed by atoms with E-state index in [0.717, 1.165) is 22.4 Å². The zero-order chi connectivity index (χ0) is 19.4. The molecule has 1 atom stereocenters. The Morgan fingerprint density at radius 2 is 2.04 bits per heavy atom. The van der Waals surface area contributed by atoms with E-state index < -0.39 is 4.92 Å². The molecule has 27 heavy (non-hydrogen) atoms. The second-order valence-corrected chi connectivity index (χ2v) is 7.42. The SMILES string of the molecule is Cc1ccc(C)c(OCc2nnc(SC(C)c3cccc([N+](=O)[O-])c3)o2)c1. The molecule has 1 unspecified atom stereocenters. The van der Waals surface area contributed by atoms with Gasteiger partial charge in [-0.1, -0.05) is 36.0 Å². The third-order valence-corrected chi connectivity index (χ3v) is 4.96. The molecule has 0 aliphatic carbocycles. The fourth-order valence-electron chi connectivity index (χ4n) is 2.46. The number of hydrogen-bond donors (Lipinski definition) is 0. The number of hydrogen-bond acceptors (Lipinski definition) is 7. The number of ether oxygens (including phenoxy) is 1. The molecule has 1 heterocycles. The van der Waals surface area contributed by atoms with Crippen molar-refractivity contribution in [3.8, 4) is 5.75 Å². The number of benzene rings is 2. The zero-order valence-corrected chi connectivity index (χ0v) is 16.0. The molecule has 0 spiro atoms. The largest absolute Gasteiger partial charge is 0.484 e. The Balaban J connectivity index is 1.63. The van der Waals surface area contributed by atoms with Gasteiger partial charge in [0.25, 0.3) is 16.8 Å². The average molecular weight is 385 g/mol. The van der Waals surface area contributed by atoms with E-state index in [-0.39, 0.29) is 17.5 Å². The summed E-state index contributed by atoms with van der Waals surface area (Å²) < 4.78 is 11.4. The number of rotatable bonds is 7. The van der Waals surface area contributed by atoms with Gasteiger partial charge in [-0.25, -0.2) is 0 Å². The highest BCUT2D eigenvalue weighted by Gasteiger charge is 2.16. The van der Waals surface area contributed by atoms with E-state index in [9.17, 15) is 10.1 Å². The first-order valence-corrected chi connectivity index (χ1v) is 9.24. The molecule has 0 aliphatic rings. The van der Waals surface area contributed by atoms with Crippen LogP contribution >= 0.6 is 11.8 Å². The van der Waals surface area contributed by atoms with Crippen molar-refractivity contribution in [2.24, 2.45) is 0 Å². The molecule has 0 N–H and O–H groups in total. The Morgan fingerprint density at radius 1 is 1.22 bits per heavy atom. The van der Waals surface area contributed by atoms with Crippen molar-refractivity contribution in [3.63, 3.8) is 0 Å². The van der Waals surface area contributed by atoms with Gasteiger partial charge in [0.15, 0.2) is 6.61 Å². The lowest BCUT2D eigenvalue weighted by atomic mass is 10.1. The second-order valence-electron chi connectivity index (χ2n) is 6.13. The molecule has 0 bridgehead atoms. The second kappa shape index (κ2) is 8.22. The number of nitrogens with zero attached hydrogens (tertiary/aromatic N) is 3.